The highest BCUT2D eigenvalue weighted by molar-refractivity contribution is 8.01. The number of aryl methyl sites for hydroxylation is 1. The van der Waals surface area contributed by atoms with Gasteiger partial charge < -0.3 is 4.74 Å². The molecular formula is C28H27F4N3O2S2. The van der Waals surface area contributed by atoms with Crippen LogP contribution in [0.4, 0.5) is 17.6 Å². The summed E-state index contributed by atoms with van der Waals surface area (Å²) in [5, 5.41) is 5.21. The first-order chi connectivity index (χ1) is 18.5. The highest BCUT2D eigenvalue weighted by Gasteiger charge is 2.31. The van der Waals surface area contributed by atoms with Crippen molar-refractivity contribution in [2.24, 2.45) is 0 Å². The number of aromatic nitrogens is 3. The van der Waals surface area contributed by atoms with Gasteiger partial charge in [-0.15, -0.1) is 11.8 Å². The zero-order valence-corrected chi connectivity index (χ0v) is 23.4. The highest BCUT2D eigenvalue weighted by atomic mass is 32.2. The Morgan fingerprint density at radius 2 is 1.85 bits per heavy atom. The van der Waals surface area contributed by atoms with E-state index < -0.39 is 17.6 Å². The fourth-order valence-corrected chi connectivity index (χ4v) is 6.57. The van der Waals surface area contributed by atoms with Gasteiger partial charge in [-0.2, -0.15) is 18.3 Å². The third-order valence-electron chi connectivity index (χ3n) is 5.78. The number of nitrogens with zero attached hydrogens (tertiary/aromatic N) is 3. The number of ether oxygens (including phenoxy) is 1. The molecular weight excluding hydrogens is 550 g/mol. The first-order valence-corrected chi connectivity index (χ1v) is 13.9. The number of thioether (sulfide) groups is 1. The molecule has 39 heavy (non-hydrogen) atoms. The summed E-state index contributed by atoms with van der Waals surface area (Å²) in [5.41, 5.74) is 2.14. The normalized spacial score (nSPS) is 11.9. The van der Waals surface area contributed by atoms with Crippen molar-refractivity contribution < 1.29 is 27.1 Å². The predicted octanol–water partition coefficient (Wildman–Crippen LogP) is 8.24. The second-order valence-corrected chi connectivity index (χ2v) is 11.9. The molecule has 2 aromatic heterocycles. The van der Waals surface area contributed by atoms with Gasteiger partial charge in [-0.05, 0) is 43.2 Å². The molecule has 0 aliphatic rings. The largest absolute Gasteiger partial charge is 0.416 e. The van der Waals surface area contributed by atoms with Gasteiger partial charge in [-0.1, -0.05) is 49.4 Å². The number of alkyl halides is 3. The first-order valence-electron chi connectivity index (χ1n) is 12.2. The van der Waals surface area contributed by atoms with Gasteiger partial charge in [-0.25, -0.2) is 14.1 Å². The maximum atomic E-state index is 14.2. The van der Waals surface area contributed by atoms with E-state index in [2.05, 4.69) is 5.10 Å². The lowest BCUT2D eigenvalue weighted by atomic mass is 9.99. The molecule has 0 unspecified atom stereocenters. The molecule has 5 nitrogen and oxygen atoms in total. The molecule has 0 amide bonds. The molecule has 0 saturated carbocycles. The van der Waals surface area contributed by atoms with Crippen molar-refractivity contribution in [2.75, 3.05) is 13.7 Å². The van der Waals surface area contributed by atoms with Gasteiger partial charge in [0, 0.05) is 36.5 Å². The lowest BCUT2D eigenvalue weighted by Crippen LogP contribution is -2.11. The van der Waals surface area contributed by atoms with E-state index in [1.807, 2.05) is 13.8 Å². The lowest BCUT2D eigenvalue weighted by Gasteiger charge is -2.08. The van der Waals surface area contributed by atoms with Crippen LogP contribution in [-0.2, 0) is 10.9 Å². The van der Waals surface area contributed by atoms with Crippen molar-refractivity contribution in [2.45, 2.75) is 49.2 Å². The molecule has 0 aliphatic heterocycles. The Morgan fingerprint density at radius 3 is 2.46 bits per heavy atom. The number of halogens is 4. The summed E-state index contributed by atoms with van der Waals surface area (Å²) in [4.78, 5) is 18.3. The van der Waals surface area contributed by atoms with E-state index in [-0.39, 0.29) is 23.1 Å². The number of thiazole rings is 1. The maximum absolute atomic E-state index is 14.2. The molecule has 0 aliphatic carbocycles. The Labute approximate surface area is 232 Å². The second kappa shape index (κ2) is 12.0. The monoisotopic (exact) mass is 577 g/mol. The van der Waals surface area contributed by atoms with Crippen molar-refractivity contribution in [1.29, 1.82) is 0 Å². The molecule has 0 saturated heterocycles. The maximum Gasteiger partial charge on any atom is 0.416 e. The number of hydrogen-bond donors (Lipinski definition) is 0. The SMILES string of the molecule is COCCCC(=O)c1c(-c2cccc(F)c2)c(C)nn1-c1nc(-c2ccc(C(F)(F)F)cc2)c(SC(C)C)s1. The lowest BCUT2D eigenvalue weighted by molar-refractivity contribution is -0.137. The number of Topliss-reactive ketones (excluding diaryl/α,β-unsaturated/α-hetero) is 1. The predicted molar refractivity (Wildman–Crippen MR) is 146 cm³/mol. The van der Waals surface area contributed by atoms with Crippen molar-refractivity contribution in [3.63, 3.8) is 0 Å². The van der Waals surface area contributed by atoms with Crippen LogP contribution in [-0.4, -0.2) is 39.5 Å². The Bertz CT molecular complexity index is 1460. The number of benzene rings is 2. The molecule has 0 N–H and O–H groups in total. The van der Waals surface area contributed by atoms with E-state index >= 15 is 0 Å². The molecule has 2 heterocycles. The number of hydrogen-bond acceptors (Lipinski definition) is 6. The number of ketones is 1. The molecule has 2 aromatic carbocycles. The molecule has 4 aromatic rings. The molecule has 0 radical (unpaired) electrons. The topological polar surface area (TPSA) is 57.0 Å². The van der Waals surface area contributed by atoms with Crippen LogP contribution >= 0.6 is 23.1 Å². The van der Waals surface area contributed by atoms with Crippen LogP contribution < -0.4 is 0 Å². The Morgan fingerprint density at radius 1 is 1.13 bits per heavy atom. The fraction of sp³-hybridized carbons (Fsp3) is 0.321. The van der Waals surface area contributed by atoms with Gasteiger partial charge in [0.05, 0.1) is 21.2 Å². The van der Waals surface area contributed by atoms with Crippen molar-refractivity contribution in [3.8, 4) is 27.5 Å². The van der Waals surface area contributed by atoms with E-state index in [0.717, 1.165) is 16.3 Å². The fourth-order valence-electron chi connectivity index (χ4n) is 4.09. The number of carbonyl (C=O) groups is 1. The number of methoxy groups -OCH3 is 1. The molecule has 11 heteroatoms. The van der Waals surface area contributed by atoms with Crippen molar-refractivity contribution >= 4 is 28.9 Å². The van der Waals surface area contributed by atoms with Crippen molar-refractivity contribution in [3.05, 3.63) is 71.3 Å². The first kappa shape index (κ1) is 29.0. The number of carbonyl (C=O) groups excluding carboxylic acids is 1. The minimum absolute atomic E-state index is 0.170. The van der Waals surface area contributed by atoms with Gasteiger partial charge in [-0.3, -0.25) is 4.79 Å². The zero-order chi connectivity index (χ0) is 28.3. The average molecular weight is 578 g/mol. The third-order valence-corrected chi connectivity index (χ3v) is 8.03. The molecule has 4 rings (SSSR count). The molecule has 0 fully saturated rings. The summed E-state index contributed by atoms with van der Waals surface area (Å²) in [6, 6.07) is 10.8. The van der Waals surface area contributed by atoms with Crippen LogP contribution in [0.25, 0.3) is 27.5 Å². The van der Waals surface area contributed by atoms with Crippen molar-refractivity contribution in [1.82, 2.24) is 14.8 Å². The van der Waals surface area contributed by atoms with Crippen LogP contribution in [0.3, 0.4) is 0 Å². The molecule has 0 atom stereocenters. The minimum Gasteiger partial charge on any atom is -0.385 e. The van der Waals surface area contributed by atoms with Gasteiger partial charge in [0.15, 0.2) is 5.78 Å². The Hall–Kier alpha value is -3.02. The van der Waals surface area contributed by atoms with Crippen LogP contribution in [0, 0.1) is 12.7 Å². The summed E-state index contributed by atoms with van der Waals surface area (Å²) in [5.74, 6) is -0.636. The van der Waals surface area contributed by atoms with Crippen LogP contribution in [0.1, 0.15) is 48.4 Å². The third kappa shape index (κ3) is 6.59. The molecule has 0 bridgehead atoms. The Balaban J connectivity index is 1.87. The minimum atomic E-state index is -4.45. The van der Waals surface area contributed by atoms with Crippen LogP contribution in [0.15, 0.2) is 52.7 Å². The van der Waals surface area contributed by atoms with E-state index in [1.165, 1.54) is 52.0 Å². The quantitative estimate of drug-likeness (QED) is 0.0822. The van der Waals surface area contributed by atoms with Gasteiger partial charge in [0.2, 0.25) is 5.13 Å². The average Bonchev–Trinajstić information content (AvgIpc) is 3.44. The van der Waals surface area contributed by atoms with E-state index in [0.29, 0.717) is 46.2 Å². The zero-order valence-electron chi connectivity index (χ0n) is 21.8. The summed E-state index contributed by atoms with van der Waals surface area (Å²) in [7, 11) is 1.56. The van der Waals surface area contributed by atoms with Crippen LogP contribution in [0.5, 0.6) is 0 Å². The second-order valence-electron chi connectivity index (χ2n) is 9.12. The summed E-state index contributed by atoms with van der Waals surface area (Å²) in [6.07, 6.45) is -3.77. The Kier molecular flexibility index (Phi) is 8.93. The standard InChI is InChI=1S/C28H27F4N3O2S2/c1-16(2)38-26-24(18-10-12-20(13-11-18)28(30,31)32)33-27(39-26)35-25(22(36)9-6-14-37-4)23(17(3)34-35)19-7-5-8-21(29)15-19/h5,7-8,10-13,15-16H,6,9,14H2,1-4H3. The summed E-state index contributed by atoms with van der Waals surface area (Å²) in [6.45, 7) is 6.16. The van der Waals surface area contributed by atoms with E-state index in [9.17, 15) is 22.4 Å². The van der Waals surface area contributed by atoms with E-state index in [1.54, 1.807) is 26.2 Å². The number of rotatable bonds is 10. The molecule has 0 spiro atoms. The van der Waals surface area contributed by atoms with E-state index in [4.69, 9.17) is 9.72 Å². The van der Waals surface area contributed by atoms with Gasteiger partial charge in [0.25, 0.3) is 0 Å². The van der Waals surface area contributed by atoms with Gasteiger partial charge >= 0.3 is 6.18 Å². The van der Waals surface area contributed by atoms with Crippen LogP contribution in [0.2, 0.25) is 0 Å². The molecule has 206 valence electrons. The highest BCUT2D eigenvalue weighted by Crippen LogP contribution is 2.42. The summed E-state index contributed by atoms with van der Waals surface area (Å²) < 4.78 is 61.0. The van der Waals surface area contributed by atoms with Gasteiger partial charge in [0.1, 0.15) is 11.5 Å². The summed E-state index contributed by atoms with van der Waals surface area (Å²) >= 11 is 2.83. The smallest absolute Gasteiger partial charge is 0.385 e.